The third-order valence-electron chi connectivity index (χ3n) is 3.89. The minimum absolute atomic E-state index is 0.0658. The fourth-order valence-electron chi connectivity index (χ4n) is 2.71. The second-order valence-electron chi connectivity index (χ2n) is 5.44. The van der Waals surface area contributed by atoms with Crippen LogP contribution in [0.2, 0.25) is 0 Å². The maximum Gasteiger partial charge on any atom is 0.238 e. The predicted octanol–water partition coefficient (Wildman–Crippen LogP) is 1.31. The van der Waals surface area contributed by atoms with Gasteiger partial charge >= 0.3 is 0 Å². The van der Waals surface area contributed by atoms with Crippen molar-refractivity contribution in [3.63, 3.8) is 0 Å². The number of nitrogens with zero attached hydrogens (tertiary/aromatic N) is 1. The van der Waals surface area contributed by atoms with Gasteiger partial charge in [-0.2, -0.15) is 0 Å². The topological polar surface area (TPSA) is 61.4 Å². The number of amides is 2. The van der Waals surface area contributed by atoms with E-state index in [1.165, 1.54) is 11.8 Å². The highest BCUT2D eigenvalue weighted by Gasteiger charge is 2.32. The Labute approximate surface area is 128 Å². The highest BCUT2D eigenvalue weighted by atomic mass is 32.2. The Morgan fingerprint density at radius 1 is 1.43 bits per heavy atom. The molecule has 0 saturated carbocycles. The van der Waals surface area contributed by atoms with Crippen molar-refractivity contribution in [2.45, 2.75) is 29.5 Å². The number of carbonyl (C=O) groups is 2. The Hall–Kier alpha value is -1.53. The van der Waals surface area contributed by atoms with E-state index in [9.17, 15) is 9.59 Å². The molecule has 1 saturated heterocycles. The third-order valence-corrected chi connectivity index (χ3v) is 5.16. The molecule has 3 rings (SSSR count). The van der Waals surface area contributed by atoms with Crippen LogP contribution in [-0.4, -0.2) is 47.6 Å². The molecule has 2 aliphatic rings. The molecule has 1 unspecified atom stereocenters. The van der Waals surface area contributed by atoms with E-state index in [0.717, 1.165) is 30.2 Å². The van der Waals surface area contributed by atoms with Crippen LogP contribution in [0.5, 0.6) is 0 Å². The summed E-state index contributed by atoms with van der Waals surface area (Å²) < 4.78 is 0. The number of hydrogen-bond acceptors (Lipinski definition) is 4. The van der Waals surface area contributed by atoms with Crippen molar-refractivity contribution in [2.24, 2.45) is 0 Å². The second-order valence-corrected chi connectivity index (χ2v) is 6.68. The molecule has 21 heavy (non-hydrogen) atoms. The molecule has 5 nitrogen and oxygen atoms in total. The first-order valence-corrected chi connectivity index (χ1v) is 8.10. The number of anilines is 1. The first kappa shape index (κ1) is 14.4. The summed E-state index contributed by atoms with van der Waals surface area (Å²) in [6.07, 6.45) is 0.259. The van der Waals surface area contributed by atoms with Gasteiger partial charge < -0.3 is 15.5 Å². The molecule has 1 aromatic rings. The second kappa shape index (κ2) is 6.07. The zero-order chi connectivity index (χ0) is 14.8. The lowest BCUT2D eigenvalue weighted by atomic mass is 10.1. The number of fused-ring (bicyclic) bond motifs is 1. The zero-order valence-electron chi connectivity index (χ0n) is 12.0. The third kappa shape index (κ3) is 3.06. The van der Waals surface area contributed by atoms with E-state index in [4.69, 9.17) is 0 Å². The minimum Gasteiger partial charge on any atom is -0.337 e. The lowest BCUT2D eigenvalue weighted by molar-refractivity contribution is -0.135. The molecule has 0 aromatic heterocycles. The Kier molecular flexibility index (Phi) is 4.17. The maximum atomic E-state index is 12.4. The summed E-state index contributed by atoms with van der Waals surface area (Å²) in [5.41, 5.74) is 0.840. The van der Waals surface area contributed by atoms with Gasteiger partial charge in [-0.25, -0.2) is 0 Å². The van der Waals surface area contributed by atoms with Gasteiger partial charge in [0.2, 0.25) is 11.8 Å². The van der Waals surface area contributed by atoms with Gasteiger partial charge in [-0.05, 0) is 19.1 Å². The molecular weight excluding hydrogens is 286 g/mol. The number of nitrogens with one attached hydrogen (secondary N) is 2. The van der Waals surface area contributed by atoms with E-state index < -0.39 is 0 Å². The first-order chi connectivity index (χ1) is 10.1. The first-order valence-electron chi connectivity index (χ1n) is 7.22. The highest BCUT2D eigenvalue weighted by Crippen LogP contribution is 2.36. The molecular formula is C15H19N3O2S. The van der Waals surface area contributed by atoms with Crippen molar-refractivity contribution in [1.82, 2.24) is 10.2 Å². The van der Waals surface area contributed by atoms with Gasteiger partial charge in [0.1, 0.15) is 0 Å². The number of benzene rings is 1. The summed E-state index contributed by atoms with van der Waals surface area (Å²) in [5.74, 6) is -0.00845. The number of para-hydroxylation sites is 1. The molecule has 6 heteroatoms. The molecule has 1 aromatic carbocycles. The summed E-state index contributed by atoms with van der Waals surface area (Å²) in [4.78, 5) is 27.5. The SMILES string of the molecule is C[C@@H]1CNCCN1C(=O)CC1Sc2ccccc2NC1=O. The van der Waals surface area contributed by atoms with Gasteiger partial charge in [0.25, 0.3) is 0 Å². The molecule has 112 valence electrons. The summed E-state index contributed by atoms with van der Waals surface area (Å²) in [7, 11) is 0. The van der Waals surface area contributed by atoms with Crippen LogP contribution in [0.3, 0.4) is 0 Å². The zero-order valence-corrected chi connectivity index (χ0v) is 12.8. The van der Waals surface area contributed by atoms with Crippen molar-refractivity contribution in [1.29, 1.82) is 0 Å². The van der Waals surface area contributed by atoms with Gasteiger partial charge in [0, 0.05) is 37.0 Å². The summed E-state index contributed by atoms with van der Waals surface area (Å²) in [5, 5.41) is 5.81. The van der Waals surface area contributed by atoms with Crippen molar-refractivity contribution < 1.29 is 9.59 Å². The van der Waals surface area contributed by atoms with Gasteiger partial charge in [-0.3, -0.25) is 9.59 Å². The number of piperazine rings is 1. The van der Waals surface area contributed by atoms with Crippen LogP contribution in [0.15, 0.2) is 29.2 Å². The standard InChI is InChI=1S/C15H19N3O2S/c1-10-9-16-6-7-18(10)14(19)8-13-15(20)17-11-4-2-3-5-12(11)21-13/h2-5,10,13,16H,6-9H2,1H3,(H,17,20)/t10-,13?/m1/s1. The van der Waals surface area contributed by atoms with Crippen LogP contribution >= 0.6 is 11.8 Å². The van der Waals surface area contributed by atoms with E-state index >= 15 is 0 Å². The number of thioether (sulfide) groups is 1. The van der Waals surface area contributed by atoms with Crippen LogP contribution < -0.4 is 10.6 Å². The number of hydrogen-bond donors (Lipinski definition) is 2. The molecule has 2 atom stereocenters. The Bertz CT molecular complexity index is 564. The number of rotatable bonds is 2. The normalized spacial score (nSPS) is 25.2. The van der Waals surface area contributed by atoms with Crippen LogP contribution in [0.1, 0.15) is 13.3 Å². The van der Waals surface area contributed by atoms with E-state index in [1.54, 1.807) is 0 Å². The molecule has 0 spiro atoms. The van der Waals surface area contributed by atoms with Crippen molar-refractivity contribution >= 4 is 29.3 Å². The average molecular weight is 305 g/mol. The fraction of sp³-hybridized carbons (Fsp3) is 0.467. The van der Waals surface area contributed by atoms with E-state index in [-0.39, 0.29) is 29.5 Å². The Balaban J connectivity index is 1.68. The highest BCUT2D eigenvalue weighted by molar-refractivity contribution is 8.01. The van der Waals surface area contributed by atoms with Crippen molar-refractivity contribution in [3.8, 4) is 0 Å². The summed E-state index contributed by atoms with van der Waals surface area (Å²) >= 11 is 1.48. The Morgan fingerprint density at radius 2 is 2.24 bits per heavy atom. The van der Waals surface area contributed by atoms with Gasteiger partial charge in [-0.15, -0.1) is 11.8 Å². The number of carbonyl (C=O) groups excluding carboxylic acids is 2. The lowest BCUT2D eigenvalue weighted by Gasteiger charge is -2.35. The molecule has 2 N–H and O–H groups in total. The van der Waals surface area contributed by atoms with Crippen LogP contribution in [0.25, 0.3) is 0 Å². The molecule has 1 fully saturated rings. The fourth-order valence-corrected chi connectivity index (χ4v) is 3.82. The van der Waals surface area contributed by atoms with Crippen LogP contribution in [0.4, 0.5) is 5.69 Å². The van der Waals surface area contributed by atoms with Gasteiger partial charge in [0.15, 0.2) is 0 Å². The van der Waals surface area contributed by atoms with E-state index in [0.29, 0.717) is 0 Å². The monoisotopic (exact) mass is 305 g/mol. The van der Waals surface area contributed by atoms with Crippen LogP contribution in [-0.2, 0) is 9.59 Å². The smallest absolute Gasteiger partial charge is 0.238 e. The molecule has 0 aliphatic carbocycles. The summed E-state index contributed by atoms with van der Waals surface area (Å²) in [6.45, 7) is 4.39. The maximum absolute atomic E-state index is 12.4. The quantitative estimate of drug-likeness (QED) is 0.865. The minimum atomic E-state index is -0.338. The molecule has 2 aliphatic heterocycles. The largest absolute Gasteiger partial charge is 0.337 e. The molecule has 2 amide bonds. The molecule has 0 bridgehead atoms. The van der Waals surface area contributed by atoms with Gasteiger partial charge in [-0.1, -0.05) is 12.1 Å². The van der Waals surface area contributed by atoms with Crippen molar-refractivity contribution in [2.75, 3.05) is 25.0 Å². The average Bonchev–Trinajstić information content (AvgIpc) is 2.48. The van der Waals surface area contributed by atoms with Gasteiger partial charge in [0.05, 0.1) is 10.9 Å². The lowest BCUT2D eigenvalue weighted by Crippen LogP contribution is -2.53. The molecule has 2 heterocycles. The summed E-state index contributed by atoms with van der Waals surface area (Å²) in [6, 6.07) is 7.89. The van der Waals surface area contributed by atoms with Crippen molar-refractivity contribution in [3.05, 3.63) is 24.3 Å². The van der Waals surface area contributed by atoms with E-state index in [1.807, 2.05) is 36.1 Å². The van der Waals surface area contributed by atoms with Crippen LogP contribution in [0, 0.1) is 0 Å². The van der Waals surface area contributed by atoms with E-state index in [2.05, 4.69) is 10.6 Å². The Morgan fingerprint density at radius 3 is 3.05 bits per heavy atom. The molecule has 0 radical (unpaired) electrons. The predicted molar refractivity (Wildman–Crippen MR) is 83.4 cm³/mol.